The maximum atomic E-state index is 12.1. The second-order valence-electron chi connectivity index (χ2n) is 5.43. The Morgan fingerprint density at radius 3 is 2.85 bits per heavy atom. The van der Waals surface area contributed by atoms with Crippen molar-refractivity contribution in [1.82, 2.24) is 10.2 Å². The fraction of sp³-hybridized carbons (Fsp3) is 0.846. The fourth-order valence-corrected chi connectivity index (χ4v) is 3.00. The number of aliphatic carboxylic acids is 1. The average molecular weight is 286 g/mol. The highest BCUT2D eigenvalue weighted by atomic mass is 16.5. The van der Waals surface area contributed by atoms with Gasteiger partial charge in [0.05, 0.1) is 31.8 Å². The molecule has 3 unspecified atom stereocenters. The number of urea groups is 1. The molecule has 0 radical (unpaired) electrons. The number of morpholine rings is 1. The largest absolute Gasteiger partial charge is 0.481 e. The van der Waals surface area contributed by atoms with Crippen LogP contribution >= 0.6 is 0 Å². The van der Waals surface area contributed by atoms with E-state index >= 15 is 0 Å². The van der Waals surface area contributed by atoms with Gasteiger partial charge in [-0.05, 0) is 18.8 Å². The summed E-state index contributed by atoms with van der Waals surface area (Å²) in [4.78, 5) is 24.7. The van der Waals surface area contributed by atoms with Gasteiger partial charge in [0.1, 0.15) is 0 Å². The van der Waals surface area contributed by atoms with Gasteiger partial charge in [-0.3, -0.25) is 4.79 Å². The Morgan fingerprint density at radius 1 is 1.35 bits per heavy atom. The summed E-state index contributed by atoms with van der Waals surface area (Å²) >= 11 is 0. The Kier molecular flexibility index (Phi) is 5.19. The lowest BCUT2D eigenvalue weighted by atomic mass is 9.96. The third-order valence-electron chi connectivity index (χ3n) is 4.19. The summed E-state index contributed by atoms with van der Waals surface area (Å²) in [6, 6.07) is -0.564. The van der Waals surface area contributed by atoms with Crippen molar-refractivity contribution in [3.8, 4) is 0 Å². The number of hydrogen-bond donors (Lipinski definition) is 3. The second-order valence-corrected chi connectivity index (χ2v) is 5.43. The van der Waals surface area contributed by atoms with E-state index in [4.69, 9.17) is 9.84 Å². The number of carboxylic acid groups (broad SMARTS) is 1. The molecule has 20 heavy (non-hydrogen) atoms. The van der Waals surface area contributed by atoms with Gasteiger partial charge in [-0.2, -0.15) is 0 Å². The van der Waals surface area contributed by atoms with Crippen LogP contribution in [0, 0.1) is 11.8 Å². The first kappa shape index (κ1) is 15.1. The summed E-state index contributed by atoms with van der Waals surface area (Å²) in [6.45, 7) is 1.50. The molecule has 1 saturated carbocycles. The van der Waals surface area contributed by atoms with Crippen molar-refractivity contribution in [2.24, 2.45) is 11.8 Å². The third kappa shape index (κ3) is 3.40. The second kappa shape index (κ2) is 6.90. The molecule has 7 heteroatoms. The minimum absolute atomic E-state index is 0.00469. The fourth-order valence-electron chi connectivity index (χ4n) is 3.00. The van der Waals surface area contributed by atoms with E-state index in [2.05, 4.69) is 5.32 Å². The molecule has 3 N–H and O–H groups in total. The van der Waals surface area contributed by atoms with Crippen LogP contribution in [0.15, 0.2) is 0 Å². The maximum absolute atomic E-state index is 12.1. The van der Waals surface area contributed by atoms with Crippen LogP contribution in [-0.2, 0) is 9.53 Å². The van der Waals surface area contributed by atoms with E-state index in [1.807, 2.05) is 0 Å². The van der Waals surface area contributed by atoms with Gasteiger partial charge >= 0.3 is 12.0 Å². The number of amides is 2. The van der Waals surface area contributed by atoms with Crippen molar-refractivity contribution in [2.75, 3.05) is 32.9 Å². The smallest absolute Gasteiger partial charge is 0.317 e. The molecular weight excluding hydrogens is 264 g/mol. The Balaban J connectivity index is 1.83. The molecule has 1 heterocycles. The summed E-state index contributed by atoms with van der Waals surface area (Å²) in [5.74, 6) is -1.12. The first-order chi connectivity index (χ1) is 9.63. The predicted molar refractivity (Wildman–Crippen MR) is 70.3 cm³/mol. The molecule has 0 spiro atoms. The summed E-state index contributed by atoms with van der Waals surface area (Å²) in [5, 5.41) is 21.1. The number of hydrogen-bond acceptors (Lipinski definition) is 4. The highest BCUT2D eigenvalue weighted by molar-refractivity contribution is 5.75. The van der Waals surface area contributed by atoms with Crippen molar-refractivity contribution in [3.05, 3.63) is 0 Å². The highest BCUT2D eigenvalue weighted by Crippen LogP contribution is 2.31. The number of rotatable bonds is 4. The number of carbonyl (C=O) groups is 2. The van der Waals surface area contributed by atoms with Gasteiger partial charge in [0.15, 0.2) is 0 Å². The normalized spacial score (nSPS) is 30.2. The van der Waals surface area contributed by atoms with Crippen LogP contribution in [0.4, 0.5) is 4.79 Å². The molecule has 0 aromatic heterocycles. The molecule has 3 atom stereocenters. The number of aliphatic hydroxyl groups is 1. The molecule has 0 bridgehead atoms. The maximum Gasteiger partial charge on any atom is 0.317 e. The SMILES string of the molecule is O=C(O)C1CCCC1CNC(=O)N1CCOCC1CO. The average Bonchev–Trinajstić information content (AvgIpc) is 2.93. The lowest BCUT2D eigenvalue weighted by Crippen LogP contribution is -2.54. The van der Waals surface area contributed by atoms with Gasteiger partial charge in [-0.15, -0.1) is 0 Å². The number of carboxylic acids is 1. The Bertz CT molecular complexity index is 363. The van der Waals surface area contributed by atoms with Crippen molar-refractivity contribution >= 4 is 12.0 Å². The molecule has 1 aliphatic heterocycles. The lowest BCUT2D eigenvalue weighted by molar-refractivity contribution is -0.142. The number of ether oxygens (including phenoxy) is 1. The number of carbonyl (C=O) groups excluding carboxylic acids is 1. The quantitative estimate of drug-likeness (QED) is 0.669. The zero-order valence-electron chi connectivity index (χ0n) is 11.5. The Labute approximate surface area is 117 Å². The number of nitrogens with zero attached hydrogens (tertiary/aromatic N) is 1. The zero-order chi connectivity index (χ0) is 14.5. The van der Waals surface area contributed by atoms with Crippen molar-refractivity contribution in [1.29, 1.82) is 0 Å². The number of aliphatic hydroxyl groups excluding tert-OH is 1. The monoisotopic (exact) mass is 286 g/mol. The third-order valence-corrected chi connectivity index (χ3v) is 4.19. The van der Waals surface area contributed by atoms with Crippen LogP contribution in [0.2, 0.25) is 0 Å². The first-order valence-electron chi connectivity index (χ1n) is 7.09. The van der Waals surface area contributed by atoms with Gasteiger partial charge < -0.3 is 25.2 Å². The van der Waals surface area contributed by atoms with Gasteiger partial charge in [0.2, 0.25) is 0 Å². The molecular formula is C13H22N2O5. The van der Waals surface area contributed by atoms with E-state index in [9.17, 15) is 14.7 Å². The molecule has 0 aromatic carbocycles. The van der Waals surface area contributed by atoms with Gasteiger partial charge in [-0.1, -0.05) is 6.42 Å². The van der Waals surface area contributed by atoms with Crippen LogP contribution in [0.3, 0.4) is 0 Å². The van der Waals surface area contributed by atoms with Crippen LogP contribution in [0.25, 0.3) is 0 Å². The predicted octanol–water partition coefficient (Wildman–Crippen LogP) is -0.110. The molecule has 2 aliphatic rings. The van der Waals surface area contributed by atoms with Crippen LogP contribution in [-0.4, -0.2) is 66.1 Å². The summed E-state index contributed by atoms with van der Waals surface area (Å²) in [7, 11) is 0. The summed E-state index contributed by atoms with van der Waals surface area (Å²) in [5.41, 5.74) is 0. The summed E-state index contributed by atoms with van der Waals surface area (Å²) < 4.78 is 5.22. The van der Waals surface area contributed by atoms with Crippen molar-refractivity contribution in [3.63, 3.8) is 0 Å². The molecule has 2 fully saturated rings. The molecule has 0 aromatic rings. The Hall–Kier alpha value is -1.34. The minimum atomic E-state index is -0.777. The van der Waals surface area contributed by atoms with E-state index in [0.29, 0.717) is 32.7 Å². The highest BCUT2D eigenvalue weighted by Gasteiger charge is 2.34. The summed E-state index contributed by atoms with van der Waals surface area (Å²) in [6.07, 6.45) is 2.42. The lowest BCUT2D eigenvalue weighted by Gasteiger charge is -2.34. The van der Waals surface area contributed by atoms with Gasteiger partial charge in [0.25, 0.3) is 0 Å². The van der Waals surface area contributed by atoms with E-state index in [1.54, 1.807) is 4.90 Å². The van der Waals surface area contributed by atoms with E-state index < -0.39 is 5.97 Å². The van der Waals surface area contributed by atoms with Crippen LogP contribution < -0.4 is 5.32 Å². The molecule has 1 saturated heterocycles. The molecule has 2 rings (SSSR count). The molecule has 114 valence electrons. The van der Waals surface area contributed by atoms with Gasteiger partial charge in [0, 0.05) is 13.1 Å². The van der Waals surface area contributed by atoms with Crippen molar-refractivity contribution in [2.45, 2.75) is 25.3 Å². The zero-order valence-corrected chi connectivity index (χ0v) is 11.5. The van der Waals surface area contributed by atoms with Crippen LogP contribution in [0.1, 0.15) is 19.3 Å². The first-order valence-corrected chi connectivity index (χ1v) is 7.09. The van der Waals surface area contributed by atoms with E-state index in [-0.39, 0.29) is 30.5 Å². The van der Waals surface area contributed by atoms with Crippen LogP contribution in [0.5, 0.6) is 0 Å². The van der Waals surface area contributed by atoms with E-state index in [0.717, 1.165) is 12.8 Å². The molecule has 1 aliphatic carbocycles. The topological polar surface area (TPSA) is 99.1 Å². The standard InChI is InChI=1S/C13H22N2O5/c16-7-10-8-20-5-4-15(10)13(19)14-6-9-2-1-3-11(9)12(17)18/h9-11,16H,1-8H2,(H,14,19)(H,17,18). The molecule has 7 nitrogen and oxygen atoms in total. The van der Waals surface area contributed by atoms with Gasteiger partial charge in [-0.25, -0.2) is 4.79 Å². The Morgan fingerprint density at radius 2 is 2.15 bits per heavy atom. The number of nitrogens with one attached hydrogen (secondary N) is 1. The van der Waals surface area contributed by atoms with Crippen molar-refractivity contribution < 1.29 is 24.5 Å². The van der Waals surface area contributed by atoms with E-state index in [1.165, 1.54) is 0 Å². The molecule has 2 amide bonds. The minimum Gasteiger partial charge on any atom is -0.481 e.